The standard InChI is InChI=1S/C24H35N3O8.C2H2O4/c1-14(2)12-16(25-22(28)20-21(35-20)24(30)31)23(29)27-10-8-26(9-11-27)13-15-6-7-17(32-3)19(34-5)18(15)33-4;3-1(4)2(5)6/h6-7,14,16,20-21H,8-13H2,1-5H3,(H,25,28)(H,30,31);(H,3,4)(H,5,6)/t16-,20+,21+;/m0./s1. The van der Waals surface area contributed by atoms with E-state index in [0.717, 1.165) is 5.56 Å². The monoisotopic (exact) mass is 583 g/mol. The number of ether oxygens (including phenoxy) is 4. The number of nitrogens with one attached hydrogen (secondary N) is 1. The topological polar surface area (TPSA) is 205 Å². The molecule has 2 fully saturated rings. The third-order valence-electron chi connectivity index (χ3n) is 6.36. The summed E-state index contributed by atoms with van der Waals surface area (Å²) in [6.45, 7) is 6.88. The van der Waals surface area contributed by atoms with E-state index in [1.54, 1.807) is 26.2 Å². The number of nitrogens with zero attached hydrogens (tertiary/aromatic N) is 2. The van der Waals surface area contributed by atoms with Crippen molar-refractivity contribution in [2.75, 3.05) is 47.5 Å². The fourth-order valence-corrected chi connectivity index (χ4v) is 4.32. The van der Waals surface area contributed by atoms with Crippen LogP contribution in [0.25, 0.3) is 0 Å². The molecule has 2 saturated heterocycles. The average Bonchev–Trinajstić information content (AvgIpc) is 3.74. The second-order valence-corrected chi connectivity index (χ2v) is 9.71. The van der Waals surface area contributed by atoms with Crippen LogP contribution >= 0.6 is 0 Å². The molecule has 15 heteroatoms. The van der Waals surface area contributed by atoms with Crippen molar-refractivity contribution >= 4 is 29.7 Å². The van der Waals surface area contributed by atoms with Crippen molar-refractivity contribution in [2.45, 2.75) is 45.1 Å². The van der Waals surface area contributed by atoms with Crippen molar-refractivity contribution in [1.82, 2.24) is 15.1 Å². The molecule has 1 aromatic carbocycles. The van der Waals surface area contributed by atoms with E-state index in [-0.39, 0.29) is 11.8 Å². The molecule has 1 aromatic rings. The predicted octanol–water partition coefficient (Wildman–Crippen LogP) is -0.105. The fourth-order valence-electron chi connectivity index (χ4n) is 4.32. The van der Waals surface area contributed by atoms with Crippen LogP contribution in [0.2, 0.25) is 0 Å². The van der Waals surface area contributed by atoms with Crippen molar-refractivity contribution in [3.63, 3.8) is 0 Å². The largest absolute Gasteiger partial charge is 0.493 e. The van der Waals surface area contributed by atoms with Crippen LogP contribution in [-0.4, -0.2) is 121 Å². The van der Waals surface area contributed by atoms with E-state index in [0.29, 0.717) is 56.4 Å². The van der Waals surface area contributed by atoms with E-state index in [9.17, 15) is 14.4 Å². The fraction of sp³-hybridized carbons (Fsp3) is 0.577. The average molecular weight is 584 g/mol. The van der Waals surface area contributed by atoms with Gasteiger partial charge in [0.15, 0.2) is 23.7 Å². The summed E-state index contributed by atoms with van der Waals surface area (Å²) in [7, 11) is 4.73. The first kappa shape index (κ1) is 33.1. The molecule has 2 aliphatic rings. The SMILES string of the molecule is COc1ccc(CN2CCN(C(=O)[C@H](CC(C)C)NC(=O)[C@@H]3O[C@H]3C(=O)O)CC2)c(OC)c1OC.O=C(O)C(=O)O. The first-order chi connectivity index (χ1) is 19.3. The van der Waals surface area contributed by atoms with Gasteiger partial charge in [-0.05, 0) is 18.4 Å². The summed E-state index contributed by atoms with van der Waals surface area (Å²) in [5.41, 5.74) is 0.951. The number of carboxylic acids is 3. The van der Waals surface area contributed by atoms with Gasteiger partial charge in [-0.2, -0.15) is 0 Å². The first-order valence-corrected chi connectivity index (χ1v) is 12.8. The zero-order valence-electron chi connectivity index (χ0n) is 23.6. The Morgan fingerprint density at radius 2 is 1.49 bits per heavy atom. The molecule has 3 rings (SSSR count). The van der Waals surface area contributed by atoms with Crippen LogP contribution in [0.3, 0.4) is 0 Å². The van der Waals surface area contributed by atoms with E-state index in [2.05, 4.69) is 10.2 Å². The van der Waals surface area contributed by atoms with E-state index < -0.39 is 42.1 Å². The highest BCUT2D eigenvalue weighted by Crippen LogP contribution is 2.40. The molecule has 15 nitrogen and oxygen atoms in total. The highest BCUT2D eigenvalue weighted by molar-refractivity contribution is 6.27. The van der Waals surface area contributed by atoms with Gasteiger partial charge < -0.3 is 44.5 Å². The molecule has 0 spiro atoms. The highest BCUT2D eigenvalue weighted by atomic mass is 16.6. The van der Waals surface area contributed by atoms with E-state index in [4.69, 9.17) is 43.9 Å². The van der Waals surface area contributed by atoms with Crippen molar-refractivity contribution in [2.24, 2.45) is 5.92 Å². The molecule has 2 amide bonds. The third-order valence-corrected chi connectivity index (χ3v) is 6.36. The summed E-state index contributed by atoms with van der Waals surface area (Å²) in [6, 6.07) is 3.06. The molecular weight excluding hydrogens is 546 g/mol. The number of amides is 2. The van der Waals surface area contributed by atoms with Gasteiger partial charge >= 0.3 is 17.9 Å². The lowest BCUT2D eigenvalue weighted by molar-refractivity contribution is -0.159. The van der Waals surface area contributed by atoms with Gasteiger partial charge in [0.25, 0.3) is 5.91 Å². The lowest BCUT2D eigenvalue weighted by atomic mass is 10.0. The van der Waals surface area contributed by atoms with Crippen molar-refractivity contribution in [1.29, 1.82) is 0 Å². The predicted molar refractivity (Wildman–Crippen MR) is 141 cm³/mol. The Labute approximate surface area is 236 Å². The van der Waals surface area contributed by atoms with Crippen LogP contribution in [0, 0.1) is 5.92 Å². The Balaban J connectivity index is 0.000000883. The maximum absolute atomic E-state index is 13.2. The zero-order valence-corrected chi connectivity index (χ0v) is 23.6. The van der Waals surface area contributed by atoms with Crippen LogP contribution in [0.15, 0.2) is 12.1 Å². The van der Waals surface area contributed by atoms with Crippen molar-refractivity contribution in [3.05, 3.63) is 17.7 Å². The molecule has 0 aromatic heterocycles. The van der Waals surface area contributed by atoms with Gasteiger partial charge in [-0.3, -0.25) is 14.5 Å². The lowest BCUT2D eigenvalue weighted by Gasteiger charge is -2.37. The molecule has 0 saturated carbocycles. The first-order valence-electron chi connectivity index (χ1n) is 12.8. The van der Waals surface area contributed by atoms with Gasteiger partial charge in [-0.15, -0.1) is 0 Å². The normalized spacial score (nSPS) is 18.8. The van der Waals surface area contributed by atoms with E-state index in [1.165, 1.54) is 0 Å². The summed E-state index contributed by atoms with van der Waals surface area (Å²) in [6.07, 6.45) is -1.72. The van der Waals surface area contributed by atoms with Crippen LogP contribution in [0.1, 0.15) is 25.8 Å². The molecule has 0 radical (unpaired) electrons. The number of rotatable bonds is 11. The van der Waals surface area contributed by atoms with Crippen molar-refractivity contribution < 1.29 is 58.2 Å². The number of hydrogen-bond acceptors (Lipinski definition) is 10. The Morgan fingerprint density at radius 3 is 1.93 bits per heavy atom. The maximum Gasteiger partial charge on any atom is 0.414 e. The lowest BCUT2D eigenvalue weighted by Crippen LogP contribution is -2.55. The molecule has 3 atom stereocenters. The maximum atomic E-state index is 13.2. The van der Waals surface area contributed by atoms with Crippen molar-refractivity contribution in [3.8, 4) is 17.2 Å². The zero-order chi connectivity index (χ0) is 30.9. The quantitative estimate of drug-likeness (QED) is 0.199. The summed E-state index contributed by atoms with van der Waals surface area (Å²) >= 11 is 0. The number of benzene rings is 1. The number of carboxylic acid groups (broad SMARTS) is 3. The van der Waals surface area contributed by atoms with Gasteiger partial charge in [0.2, 0.25) is 11.7 Å². The molecule has 2 heterocycles. The van der Waals surface area contributed by atoms with E-state index >= 15 is 0 Å². The van der Waals surface area contributed by atoms with E-state index in [1.807, 2.05) is 26.0 Å². The second-order valence-electron chi connectivity index (χ2n) is 9.71. The summed E-state index contributed by atoms with van der Waals surface area (Å²) in [5, 5.41) is 26.5. The summed E-state index contributed by atoms with van der Waals surface area (Å²) < 4.78 is 21.3. The highest BCUT2D eigenvalue weighted by Gasteiger charge is 2.51. The number of aliphatic carboxylic acids is 3. The molecular formula is C26H37N3O12. The van der Waals surface area contributed by atoms with Crippen LogP contribution in [0.5, 0.6) is 17.2 Å². The number of carbonyl (C=O) groups is 5. The molecule has 0 bridgehead atoms. The molecule has 0 unspecified atom stereocenters. The molecule has 2 aliphatic heterocycles. The number of hydrogen-bond donors (Lipinski definition) is 4. The minimum absolute atomic E-state index is 0.164. The van der Waals surface area contributed by atoms with Crippen LogP contribution in [-0.2, 0) is 35.3 Å². The smallest absolute Gasteiger partial charge is 0.414 e. The Hall–Kier alpha value is -4.11. The third kappa shape index (κ3) is 9.21. The Kier molecular flexibility index (Phi) is 12.1. The Bertz CT molecular complexity index is 1110. The molecule has 41 heavy (non-hydrogen) atoms. The van der Waals surface area contributed by atoms with Gasteiger partial charge in [0.05, 0.1) is 21.3 Å². The number of carbonyl (C=O) groups excluding carboxylic acids is 2. The van der Waals surface area contributed by atoms with Gasteiger partial charge in [-0.25, -0.2) is 14.4 Å². The van der Waals surface area contributed by atoms with Gasteiger partial charge in [-0.1, -0.05) is 19.9 Å². The minimum atomic E-state index is -1.82. The minimum Gasteiger partial charge on any atom is -0.493 e. The Morgan fingerprint density at radius 1 is 0.902 bits per heavy atom. The number of methoxy groups -OCH3 is 3. The molecule has 0 aliphatic carbocycles. The molecule has 4 N–H and O–H groups in total. The van der Waals surface area contributed by atoms with Crippen LogP contribution < -0.4 is 19.5 Å². The van der Waals surface area contributed by atoms with Crippen LogP contribution in [0.4, 0.5) is 0 Å². The summed E-state index contributed by atoms with van der Waals surface area (Å²) in [4.78, 5) is 58.8. The second kappa shape index (κ2) is 15.0. The number of epoxide rings is 1. The molecule has 228 valence electrons. The van der Waals surface area contributed by atoms with Gasteiger partial charge in [0.1, 0.15) is 6.04 Å². The van der Waals surface area contributed by atoms with Gasteiger partial charge in [0, 0.05) is 38.3 Å². The summed E-state index contributed by atoms with van der Waals surface area (Å²) in [5.74, 6) is -3.64. The number of piperazine rings is 1.